The Bertz CT molecular complexity index is 2430. The molecule has 0 aliphatic carbocycles. The molecule has 196 valence electrons. The van der Waals surface area contributed by atoms with E-state index in [0.29, 0.717) is 0 Å². The molecular weight excluding hydrogens is 508 g/mol. The van der Waals surface area contributed by atoms with Crippen molar-refractivity contribution >= 4 is 54.4 Å². The van der Waals surface area contributed by atoms with Gasteiger partial charge in [-0.2, -0.15) is 0 Å². The van der Waals surface area contributed by atoms with Crippen LogP contribution in [0.2, 0.25) is 0 Å². The second kappa shape index (κ2) is 8.95. The molecule has 2 aromatic heterocycles. The SMILES string of the molecule is c1ccc(-c2ccc(-n3c4ccccc4c4c5ccc6c(c5ccc43)c3ccccc3n6-c3ccccc3)cc2)cc1. The van der Waals surface area contributed by atoms with Crippen molar-refractivity contribution < 1.29 is 0 Å². The number of aromatic nitrogens is 2. The van der Waals surface area contributed by atoms with E-state index in [1.54, 1.807) is 0 Å². The standard InChI is InChI=1S/C40H26N2/c1-3-11-27(12-4-1)28-19-21-30(22-20-28)42-36-18-10-8-16-34(36)40-32-23-25-37-39(31(32)24-26-38(40)42)33-15-7-9-17-35(33)41(37)29-13-5-2-6-14-29/h1-26H. The number of benzene rings is 7. The maximum atomic E-state index is 2.41. The summed E-state index contributed by atoms with van der Waals surface area (Å²) in [5.41, 5.74) is 9.71. The molecule has 2 heterocycles. The Morgan fingerprint density at radius 2 is 0.690 bits per heavy atom. The molecule has 0 bridgehead atoms. The quantitative estimate of drug-likeness (QED) is 0.213. The lowest BCUT2D eigenvalue weighted by Crippen LogP contribution is -1.94. The third-order valence-corrected chi connectivity index (χ3v) is 8.71. The highest BCUT2D eigenvalue weighted by Crippen LogP contribution is 2.42. The monoisotopic (exact) mass is 534 g/mol. The lowest BCUT2D eigenvalue weighted by Gasteiger charge is -2.10. The first kappa shape index (κ1) is 23.1. The molecular formula is C40H26N2. The van der Waals surface area contributed by atoms with Crippen molar-refractivity contribution in [2.45, 2.75) is 0 Å². The van der Waals surface area contributed by atoms with Crippen molar-refractivity contribution in [2.75, 3.05) is 0 Å². The summed E-state index contributed by atoms with van der Waals surface area (Å²) in [5, 5.41) is 7.73. The Balaban J connectivity index is 1.35. The van der Waals surface area contributed by atoms with Gasteiger partial charge in [0.25, 0.3) is 0 Å². The predicted octanol–water partition coefficient (Wildman–Crippen LogP) is 10.7. The molecule has 0 spiro atoms. The van der Waals surface area contributed by atoms with E-state index >= 15 is 0 Å². The first-order valence-corrected chi connectivity index (χ1v) is 14.5. The number of para-hydroxylation sites is 3. The zero-order valence-corrected chi connectivity index (χ0v) is 22.9. The van der Waals surface area contributed by atoms with Crippen LogP contribution in [-0.4, -0.2) is 9.13 Å². The lowest BCUT2D eigenvalue weighted by molar-refractivity contribution is 1.18. The van der Waals surface area contributed by atoms with Gasteiger partial charge in [0.2, 0.25) is 0 Å². The first-order chi connectivity index (χ1) is 20.9. The summed E-state index contributed by atoms with van der Waals surface area (Å²) in [6.45, 7) is 0. The summed E-state index contributed by atoms with van der Waals surface area (Å²) in [6, 6.07) is 57.1. The van der Waals surface area contributed by atoms with E-state index in [1.807, 2.05) is 0 Å². The third kappa shape index (κ3) is 3.27. The smallest absolute Gasteiger partial charge is 0.0547 e. The molecule has 0 saturated carbocycles. The van der Waals surface area contributed by atoms with Gasteiger partial charge in [-0.1, -0.05) is 109 Å². The second-order valence-electron chi connectivity index (χ2n) is 11.0. The van der Waals surface area contributed by atoms with Crippen LogP contribution in [0.4, 0.5) is 0 Å². The summed E-state index contributed by atoms with van der Waals surface area (Å²) in [7, 11) is 0. The molecule has 0 N–H and O–H groups in total. The van der Waals surface area contributed by atoms with Gasteiger partial charge in [0.1, 0.15) is 0 Å². The Hall–Kier alpha value is -5.60. The molecule has 0 amide bonds. The average molecular weight is 535 g/mol. The molecule has 0 unspecified atom stereocenters. The first-order valence-electron chi connectivity index (χ1n) is 14.5. The normalized spacial score (nSPS) is 11.8. The van der Waals surface area contributed by atoms with E-state index in [9.17, 15) is 0 Å². The lowest BCUT2D eigenvalue weighted by atomic mass is 9.99. The zero-order chi connectivity index (χ0) is 27.6. The third-order valence-electron chi connectivity index (χ3n) is 8.71. The summed E-state index contributed by atoms with van der Waals surface area (Å²) in [6.07, 6.45) is 0. The van der Waals surface area contributed by atoms with E-state index in [1.165, 1.54) is 76.9 Å². The van der Waals surface area contributed by atoms with Crippen LogP contribution in [0.15, 0.2) is 158 Å². The molecule has 0 saturated heterocycles. The molecule has 42 heavy (non-hydrogen) atoms. The molecule has 0 aliphatic heterocycles. The molecule has 0 radical (unpaired) electrons. The number of hydrogen-bond acceptors (Lipinski definition) is 0. The van der Waals surface area contributed by atoms with Gasteiger partial charge < -0.3 is 9.13 Å². The average Bonchev–Trinajstić information content (AvgIpc) is 3.59. The summed E-state index contributed by atoms with van der Waals surface area (Å²) >= 11 is 0. The highest BCUT2D eigenvalue weighted by atomic mass is 15.0. The molecule has 9 aromatic rings. The van der Waals surface area contributed by atoms with Crippen LogP contribution in [-0.2, 0) is 0 Å². The Labute approximate surface area is 243 Å². The number of hydrogen-bond donors (Lipinski definition) is 0. The molecule has 0 atom stereocenters. The largest absolute Gasteiger partial charge is 0.309 e. The van der Waals surface area contributed by atoms with E-state index in [4.69, 9.17) is 0 Å². The molecule has 7 aromatic carbocycles. The minimum Gasteiger partial charge on any atom is -0.309 e. The maximum absolute atomic E-state index is 2.41. The number of nitrogens with zero attached hydrogens (tertiary/aromatic N) is 2. The fourth-order valence-electron chi connectivity index (χ4n) is 6.91. The molecule has 2 nitrogen and oxygen atoms in total. The molecule has 2 heteroatoms. The zero-order valence-electron chi connectivity index (χ0n) is 22.9. The van der Waals surface area contributed by atoms with Crippen molar-refractivity contribution in [3.8, 4) is 22.5 Å². The van der Waals surface area contributed by atoms with Gasteiger partial charge in [-0.3, -0.25) is 0 Å². The van der Waals surface area contributed by atoms with Gasteiger partial charge in [-0.05, 0) is 70.4 Å². The summed E-state index contributed by atoms with van der Waals surface area (Å²) in [4.78, 5) is 0. The van der Waals surface area contributed by atoms with Crippen LogP contribution < -0.4 is 0 Å². The van der Waals surface area contributed by atoms with Gasteiger partial charge >= 0.3 is 0 Å². The van der Waals surface area contributed by atoms with Crippen LogP contribution in [0.1, 0.15) is 0 Å². The molecule has 0 aliphatic rings. The van der Waals surface area contributed by atoms with Crippen LogP contribution in [0.3, 0.4) is 0 Å². The van der Waals surface area contributed by atoms with E-state index < -0.39 is 0 Å². The Kier molecular flexibility index (Phi) is 4.93. The van der Waals surface area contributed by atoms with Gasteiger partial charge in [0.15, 0.2) is 0 Å². The van der Waals surface area contributed by atoms with Gasteiger partial charge in [-0.15, -0.1) is 0 Å². The fraction of sp³-hybridized carbons (Fsp3) is 0. The van der Waals surface area contributed by atoms with E-state index in [2.05, 4.69) is 167 Å². The number of rotatable bonds is 3. The highest BCUT2D eigenvalue weighted by Gasteiger charge is 2.19. The van der Waals surface area contributed by atoms with Gasteiger partial charge in [0, 0.05) is 32.9 Å². The second-order valence-corrected chi connectivity index (χ2v) is 11.0. The van der Waals surface area contributed by atoms with E-state index in [0.717, 1.165) is 0 Å². The van der Waals surface area contributed by atoms with Crippen molar-refractivity contribution in [1.82, 2.24) is 9.13 Å². The van der Waals surface area contributed by atoms with Crippen molar-refractivity contribution in [3.63, 3.8) is 0 Å². The maximum Gasteiger partial charge on any atom is 0.0547 e. The topological polar surface area (TPSA) is 9.86 Å². The highest BCUT2D eigenvalue weighted by molar-refractivity contribution is 6.29. The fourth-order valence-corrected chi connectivity index (χ4v) is 6.91. The molecule has 9 rings (SSSR count). The summed E-state index contributed by atoms with van der Waals surface area (Å²) < 4.78 is 4.81. The predicted molar refractivity (Wildman–Crippen MR) is 178 cm³/mol. The van der Waals surface area contributed by atoms with Crippen LogP contribution in [0.5, 0.6) is 0 Å². The minimum absolute atomic E-state index is 1.17. The Morgan fingerprint density at radius 1 is 0.262 bits per heavy atom. The van der Waals surface area contributed by atoms with Crippen molar-refractivity contribution in [1.29, 1.82) is 0 Å². The van der Waals surface area contributed by atoms with Gasteiger partial charge in [-0.25, -0.2) is 0 Å². The van der Waals surface area contributed by atoms with Crippen molar-refractivity contribution in [3.05, 3.63) is 158 Å². The van der Waals surface area contributed by atoms with E-state index in [-0.39, 0.29) is 0 Å². The molecule has 0 fully saturated rings. The summed E-state index contributed by atoms with van der Waals surface area (Å²) in [5.74, 6) is 0. The number of fused-ring (bicyclic) bond motifs is 9. The van der Waals surface area contributed by atoms with Crippen LogP contribution >= 0.6 is 0 Å². The Morgan fingerprint density at radius 3 is 1.24 bits per heavy atom. The minimum atomic E-state index is 1.17. The van der Waals surface area contributed by atoms with Gasteiger partial charge in [0.05, 0.1) is 22.1 Å². The van der Waals surface area contributed by atoms with Crippen LogP contribution in [0.25, 0.3) is 76.9 Å². The van der Waals surface area contributed by atoms with Crippen molar-refractivity contribution in [2.24, 2.45) is 0 Å². The van der Waals surface area contributed by atoms with Crippen LogP contribution in [0, 0.1) is 0 Å².